The van der Waals surface area contributed by atoms with Crippen molar-refractivity contribution in [3.63, 3.8) is 0 Å². The number of carbonyl (C=O) groups excluding carboxylic acids is 4. The second-order valence-corrected chi connectivity index (χ2v) is 17.4. The smallest absolute Gasteiger partial charge is 0.274 e. The van der Waals surface area contributed by atoms with Gasteiger partial charge in [-0.1, -0.05) is 48.3 Å². The number of sulfonamides is 1. The molecule has 0 unspecified atom stereocenters. The Balaban J connectivity index is 1.13. The minimum Gasteiger partial charge on any atom is -0.472 e. The number of aromatic nitrogens is 2. The predicted molar refractivity (Wildman–Crippen MR) is 197 cm³/mol. The van der Waals surface area contributed by atoms with Crippen molar-refractivity contribution in [2.24, 2.45) is 5.92 Å². The Hall–Kier alpha value is -5.38. The Morgan fingerprint density at radius 1 is 1.05 bits per heavy atom. The Morgan fingerprint density at radius 3 is 2.65 bits per heavy atom. The Morgan fingerprint density at radius 2 is 1.87 bits per heavy atom. The highest BCUT2D eigenvalue weighted by Gasteiger charge is 2.63. The lowest BCUT2D eigenvalue weighted by molar-refractivity contribution is -0.141. The van der Waals surface area contributed by atoms with Gasteiger partial charge in [0.25, 0.3) is 11.8 Å². The van der Waals surface area contributed by atoms with Crippen LogP contribution in [0.3, 0.4) is 0 Å². The van der Waals surface area contributed by atoms with Crippen LogP contribution >= 0.6 is 0 Å². The predicted octanol–water partition coefficient (Wildman–Crippen LogP) is 4.06. The molecule has 4 heterocycles. The number of allylic oxidation sites excluding steroid dienone is 1. The summed E-state index contributed by atoms with van der Waals surface area (Å²) in [5, 5.41) is 11.2. The molecule has 1 saturated heterocycles. The summed E-state index contributed by atoms with van der Waals surface area (Å²) in [7, 11) is -4.02. The van der Waals surface area contributed by atoms with Crippen molar-refractivity contribution in [3.05, 3.63) is 78.5 Å². The topological polar surface area (TPSA) is 190 Å². The summed E-state index contributed by atoms with van der Waals surface area (Å²) in [6.07, 6.45) is 8.24. The van der Waals surface area contributed by atoms with Crippen molar-refractivity contribution in [2.45, 2.75) is 93.2 Å². The van der Waals surface area contributed by atoms with Crippen LogP contribution in [0.5, 0.6) is 5.88 Å². The number of nitrogens with one attached hydrogen (secondary N) is 3. The second-order valence-electron chi connectivity index (χ2n) is 15.2. The Kier molecular flexibility index (Phi) is 9.34. The maximum absolute atomic E-state index is 14.6. The van der Waals surface area contributed by atoms with Gasteiger partial charge in [0.2, 0.25) is 27.7 Å². The van der Waals surface area contributed by atoms with Crippen molar-refractivity contribution in [1.82, 2.24) is 30.4 Å². The zero-order valence-corrected chi connectivity index (χ0v) is 30.9. The zero-order chi connectivity index (χ0) is 38.5. The van der Waals surface area contributed by atoms with E-state index < -0.39 is 73.9 Å². The van der Waals surface area contributed by atoms with Crippen LogP contribution in [0.1, 0.15) is 75.2 Å². The van der Waals surface area contributed by atoms with Crippen LogP contribution in [0.4, 0.5) is 4.39 Å². The molecule has 0 bridgehead atoms. The highest BCUT2D eigenvalue weighted by Crippen LogP contribution is 2.47. The summed E-state index contributed by atoms with van der Waals surface area (Å²) in [5.41, 5.74) is -1.01. The van der Waals surface area contributed by atoms with E-state index in [0.717, 1.165) is 18.2 Å². The highest BCUT2D eigenvalue weighted by atomic mass is 32.2. The molecule has 2 aliphatic carbocycles. The minimum absolute atomic E-state index is 0.0146. The molecule has 4 aromatic rings. The van der Waals surface area contributed by atoms with E-state index in [-0.39, 0.29) is 37.4 Å². The van der Waals surface area contributed by atoms with Crippen molar-refractivity contribution < 1.29 is 41.2 Å². The van der Waals surface area contributed by atoms with Gasteiger partial charge in [0.15, 0.2) is 5.69 Å². The van der Waals surface area contributed by atoms with Crippen molar-refractivity contribution >= 4 is 55.3 Å². The van der Waals surface area contributed by atoms with Crippen LogP contribution in [0, 0.1) is 11.7 Å². The lowest BCUT2D eigenvalue weighted by Crippen LogP contribution is -2.58. The molecule has 5 atom stereocenters. The molecule has 3 N–H and O–H groups in total. The second kappa shape index (κ2) is 14.0. The average molecular weight is 773 g/mol. The fourth-order valence-electron chi connectivity index (χ4n) is 7.65. The van der Waals surface area contributed by atoms with Gasteiger partial charge in [-0.3, -0.25) is 23.9 Å². The van der Waals surface area contributed by atoms with Crippen LogP contribution in [0.25, 0.3) is 21.7 Å². The summed E-state index contributed by atoms with van der Waals surface area (Å²) in [5.74, 6) is -3.38. The summed E-state index contributed by atoms with van der Waals surface area (Å²) in [4.78, 5) is 62.1. The molecule has 8 rings (SSSR count). The highest BCUT2D eigenvalue weighted by molar-refractivity contribution is 7.91. The lowest BCUT2D eigenvalue weighted by atomic mass is 10.0. The Bertz CT molecular complexity index is 2330. The van der Waals surface area contributed by atoms with Gasteiger partial charge in [-0.2, -0.15) is 0 Å². The van der Waals surface area contributed by atoms with Gasteiger partial charge in [0.05, 0.1) is 16.8 Å². The van der Waals surface area contributed by atoms with E-state index in [4.69, 9.17) is 14.2 Å². The Labute approximate surface area is 316 Å². The third-order valence-electron chi connectivity index (χ3n) is 11.4. The monoisotopic (exact) mass is 772 g/mol. The van der Waals surface area contributed by atoms with Gasteiger partial charge >= 0.3 is 0 Å². The van der Waals surface area contributed by atoms with Crippen LogP contribution in [0.2, 0.25) is 0 Å². The van der Waals surface area contributed by atoms with Crippen molar-refractivity contribution in [2.75, 3.05) is 6.54 Å². The van der Waals surface area contributed by atoms with E-state index >= 15 is 0 Å². The quantitative estimate of drug-likeness (QED) is 0.183. The van der Waals surface area contributed by atoms with Gasteiger partial charge in [0.1, 0.15) is 35.8 Å². The first-order chi connectivity index (χ1) is 26.4. The minimum atomic E-state index is -4.02. The normalized spacial score (nSPS) is 27.2. The first-order valence-electron chi connectivity index (χ1n) is 18.6. The fourth-order valence-corrected chi connectivity index (χ4v) is 8.96. The number of hydrogen-bond donors (Lipinski definition) is 3. The molecule has 4 aliphatic rings. The van der Waals surface area contributed by atoms with E-state index in [2.05, 4.69) is 20.5 Å². The third-order valence-corrected chi connectivity index (χ3v) is 13.5. The molecular weight excluding hydrogens is 732 g/mol. The summed E-state index contributed by atoms with van der Waals surface area (Å²) < 4.78 is 53.3. The van der Waals surface area contributed by atoms with Gasteiger partial charge < -0.3 is 24.8 Å². The molecule has 2 aromatic carbocycles. The average Bonchev–Trinajstić information content (AvgIpc) is 3.91. The number of fused-ring (bicyclic) bond motifs is 5. The molecule has 16 heteroatoms. The number of rotatable bonds is 7. The van der Waals surface area contributed by atoms with E-state index in [1.807, 2.05) is 24.3 Å². The van der Waals surface area contributed by atoms with Gasteiger partial charge in [-0.15, -0.1) is 0 Å². The summed E-state index contributed by atoms with van der Waals surface area (Å²) in [6, 6.07) is 10.7. The van der Waals surface area contributed by atoms with Gasteiger partial charge in [-0.25, -0.2) is 17.8 Å². The standard InChI is InChI=1S/C39H41FN6O8S/c1-38(16-17-38)55(51,52)45-37(50)39-21-23(39)9-5-3-2-4-6-12-31(41-33(47)30-15-18-53-44-30)36(49)46-22-25(20-32(46)34(48)43-39)54-35-27-14-13-24(40)19-28(27)26-10-7-8-11-29(26)42-35/h5,7-11,13-15,18-19,23,25,31-32H,2-4,6,12,16-17,20-22H2,1H3,(H,41,47)(H,43,48)(H,45,50)/b9-5-/t23-,25-,31+,32+,39-/m1/s1. The van der Waals surface area contributed by atoms with Gasteiger partial charge in [-0.05, 0) is 75.1 Å². The largest absolute Gasteiger partial charge is 0.472 e. The number of carbonyl (C=O) groups is 4. The van der Waals surface area contributed by atoms with Crippen molar-refractivity contribution in [3.8, 4) is 5.88 Å². The number of pyridine rings is 1. The number of halogens is 1. The maximum Gasteiger partial charge on any atom is 0.274 e. The summed E-state index contributed by atoms with van der Waals surface area (Å²) in [6.45, 7) is 1.49. The van der Waals surface area contributed by atoms with E-state index in [1.54, 1.807) is 25.1 Å². The van der Waals surface area contributed by atoms with Crippen molar-refractivity contribution in [1.29, 1.82) is 0 Å². The molecule has 14 nitrogen and oxygen atoms in total. The van der Waals surface area contributed by atoms with Crippen LogP contribution in [-0.2, 0) is 24.4 Å². The molecule has 2 saturated carbocycles. The fraction of sp³-hybridized carbons (Fsp3) is 0.436. The summed E-state index contributed by atoms with van der Waals surface area (Å²) >= 11 is 0. The van der Waals surface area contributed by atoms with Crippen LogP contribution in [-0.4, -0.2) is 82.1 Å². The number of ether oxygens (including phenoxy) is 1. The van der Waals surface area contributed by atoms with Crippen LogP contribution < -0.4 is 20.1 Å². The van der Waals surface area contributed by atoms with E-state index in [9.17, 15) is 32.0 Å². The first-order valence-corrected chi connectivity index (χ1v) is 20.1. The molecule has 2 aliphatic heterocycles. The lowest BCUT2D eigenvalue weighted by Gasteiger charge is -2.30. The number of amides is 4. The first kappa shape index (κ1) is 36.6. The zero-order valence-electron chi connectivity index (χ0n) is 30.1. The molecule has 3 fully saturated rings. The number of para-hydroxylation sites is 1. The number of hydrogen-bond acceptors (Lipinski definition) is 10. The molecule has 55 heavy (non-hydrogen) atoms. The SMILES string of the molecule is CC1(S(=O)(=O)NC(=O)[C@@]23C[C@H]2/C=C\CCCCC[C@H](NC(=O)c2ccon2)C(=O)N2C[C@H](Oc4nc5ccccc5c5cc(F)ccc45)C[C@H]2C(=O)N3)CC1. The third kappa shape index (κ3) is 7.03. The van der Waals surface area contributed by atoms with E-state index in [1.165, 1.54) is 29.4 Å². The molecule has 0 radical (unpaired) electrons. The molecule has 2 aromatic heterocycles. The molecule has 0 spiro atoms. The maximum atomic E-state index is 14.6. The molecule has 288 valence electrons. The molecule has 4 amide bonds. The van der Waals surface area contributed by atoms with Gasteiger partial charge in [0, 0.05) is 29.2 Å². The number of benzene rings is 2. The van der Waals surface area contributed by atoms with Crippen LogP contribution in [0.15, 0.2) is 71.5 Å². The number of nitrogens with zero attached hydrogens (tertiary/aromatic N) is 3. The molecular formula is C39H41FN6O8S. The van der Waals surface area contributed by atoms with E-state index in [0.29, 0.717) is 42.0 Å².